The van der Waals surface area contributed by atoms with Crippen LogP contribution in [0, 0.1) is 5.82 Å². The molecule has 0 saturated carbocycles. The Morgan fingerprint density at radius 2 is 1.82 bits per heavy atom. The molecule has 1 unspecified atom stereocenters. The Morgan fingerprint density at radius 3 is 2.57 bits per heavy atom. The van der Waals surface area contributed by atoms with Crippen LogP contribution in [0.4, 0.5) is 14.9 Å². The van der Waals surface area contributed by atoms with Crippen LogP contribution >= 0.6 is 15.9 Å². The van der Waals surface area contributed by atoms with E-state index < -0.39 is 6.09 Å². The summed E-state index contributed by atoms with van der Waals surface area (Å²) in [6, 6.07) is 21.6. The lowest BCUT2D eigenvalue weighted by Crippen LogP contribution is -2.38. The van der Waals surface area contributed by atoms with Crippen molar-refractivity contribution in [3.05, 3.63) is 99.8 Å². The van der Waals surface area contributed by atoms with Crippen LogP contribution in [0.3, 0.4) is 0 Å². The maximum Gasteiger partial charge on any atom is 0.415 e. The van der Waals surface area contributed by atoms with E-state index in [1.54, 1.807) is 17.0 Å². The van der Waals surface area contributed by atoms with E-state index >= 15 is 0 Å². The van der Waals surface area contributed by atoms with Gasteiger partial charge in [0.2, 0.25) is 0 Å². The molecule has 1 amide bonds. The molecule has 4 rings (SSSR count). The highest BCUT2D eigenvalue weighted by Crippen LogP contribution is 2.40. The van der Waals surface area contributed by atoms with Gasteiger partial charge in [-0.1, -0.05) is 58.4 Å². The molecule has 5 heteroatoms. The van der Waals surface area contributed by atoms with Gasteiger partial charge in [0.1, 0.15) is 12.4 Å². The lowest BCUT2D eigenvalue weighted by Gasteiger charge is -2.37. The second kappa shape index (κ2) is 8.15. The van der Waals surface area contributed by atoms with Crippen molar-refractivity contribution in [3.63, 3.8) is 0 Å². The molecule has 3 nitrogen and oxygen atoms in total. The zero-order valence-electron chi connectivity index (χ0n) is 15.1. The predicted molar refractivity (Wildman–Crippen MR) is 111 cm³/mol. The first-order valence-electron chi connectivity index (χ1n) is 9.15. The summed E-state index contributed by atoms with van der Waals surface area (Å²) < 4.78 is 20.0. The van der Waals surface area contributed by atoms with E-state index in [4.69, 9.17) is 4.74 Å². The molecule has 0 saturated heterocycles. The molecule has 28 heavy (non-hydrogen) atoms. The summed E-state index contributed by atoms with van der Waals surface area (Å²) in [6.07, 6.45) is 1.18. The zero-order valence-corrected chi connectivity index (χ0v) is 16.7. The topological polar surface area (TPSA) is 29.5 Å². The summed E-state index contributed by atoms with van der Waals surface area (Å²) in [5, 5.41) is 0. The number of rotatable bonds is 3. The molecular weight excluding hydrogens is 421 g/mol. The van der Waals surface area contributed by atoms with Crippen molar-refractivity contribution in [2.75, 3.05) is 4.90 Å². The molecule has 1 atom stereocenters. The van der Waals surface area contributed by atoms with Crippen molar-refractivity contribution in [1.29, 1.82) is 0 Å². The van der Waals surface area contributed by atoms with Crippen LogP contribution in [0.1, 0.15) is 29.2 Å². The van der Waals surface area contributed by atoms with Crippen molar-refractivity contribution in [2.45, 2.75) is 25.5 Å². The highest BCUT2D eigenvalue weighted by Gasteiger charge is 2.33. The summed E-state index contributed by atoms with van der Waals surface area (Å²) in [5.74, 6) is -0.290. The molecular formula is C23H19BrFNO2. The van der Waals surface area contributed by atoms with Crippen LogP contribution in [0.2, 0.25) is 0 Å². The molecule has 0 fully saturated rings. The van der Waals surface area contributed by atoms with Gasteiger partial charge in [0.15, 0.2) is 0 Å². The molecule has 0 N–H and O–H groups in total. The van der Waals surface area contributed by atoms with Crippen LogP contribution in [-0.4, -0.2) is 6.09 Å². The number of amides is 1. The number of halogens is 2. The smallest absolute Gasteiger partial charge is 0.415 e. The molecule has 3 aromatic carbocycles. The van der Waals surface area contributed by atoms with E-state index in [0.717, 1.165) is 39.7 Å². The fourth-order valence-corrected chi connectivity index (χ4v) is 4.00. The van der Waals surface area contributed by atoms with Gasteiger partial charge in [-0.15, -0.1) is 0 Å². The fraction of sp³-hybridized carbons (Fsp3) is 0.174. The summed E-state index contributed by atoms with van der Waals surface area (Å²) in [5.41, 5.74) is 3.75. The summed E-state index contributed by atoms with van der Waals surface area (Å²) in [7, 11) is 0. The second-order valence-electron chi connectivity index (χ2n) is 6.79. The number of benzene rings is 3. The average molecular weight is 440 g/mol. The first-order chi connectivity index (χ1) is 13.6. The first kappa shape index (κ1) is 18.7. The standard InChI is InChI=1S/C23H19BrFNO2/c24-19-9-13-22-18(14-19)8-12-21(17-6-10-20(25)11-7-17)26(22)23(27)28-15-16-4-2-1-3-5-16/h1-7,9-11,13-14,21H,8,12,15H2. The number of carbonyl (C=O) groups is 1. The van der Waals surface area contributed by atoms with Gasteiger partial charge in [-0.25, -0.2) is 9.18 Å². The first-order valence-corrected chi connectivity index (χ1v) is 9.95. The van der Waals surface area contributed by atoms with Gasteiger partial charge in [0.05, 0.1) is 11.7 Å². The average Bonchev–Trinajstić information content (AvgIpc) is 2.72. The SMILES string of the molecule is O=C(OCc1ccccc1)N1c2ccc(Br)cc2CCC1c1ccc(F)cc1. The maximum atomic E-state index is 13.4. The molecule has 0 radical (unpaired) electrons. The minimum atomic E-state index is -0.401. The van der Waals surface area contributed by atoms with Crippen molar-refractivity contribution in [1.82, 2.24) is 0 Å². The number of hydrogen-bond acceptors (Lipinski definition) is 2. The Kier molecular flexibility index (Phi) is 5.44. The van der Waals surface area contributed by atoms with Crippen molar-refractivity contribution in [2.24, 2.45) is 0 Å². The monoisotopic (exact) mass is 439 g/mol. The van der Waals surface area contributed by atoms with Gasteiger partial charge in [-0.3, -0.25) is 4.90 Å². The van der Waals surface area contributed by atoms with Crippen LogP contribution in [0.25, 0.3) is 0 Å². The van der Waals surface area contributed by atoms with Crippen LogP contribution in [0.15, 0.2) is 77.3 Å². The van der Waals surface area contributed by atoms with Gasteiger partial charge in [0.25, 0.3) is 0 Å². The number of hydrogen-bond donors (Lipinski definition) is 0. The number of nitrogens with zero attached hydrogens (tertiary/aromatic N) is 1. The second-order valence-corrected chi connectivity index (χ2v) is 7.70. The third-order valence-electron chi connectivity index (χ3n) is 4.96. The van der Waals surface area contributed by atoms with E-state index in [-0.39, 0.29) is 18.5 Å². The fourth-order valence-electron chi connectivity index (χ4n) is 3.59. The van der Waals surface area contributed by atoms with Crippen molar-refractivity contribution in [3.8, 4) is 0 Å². The van der Waals surface area contributed by atoms with E-state index in [9.17, 15) is 9.18 Å². The normalized spacial score (nSPS) is 15.8. The van der Waals surface area contributed by atoms with Gasteiger partial charge >= 0.3 is 6.09 Å². The molecule has 0 aromatic heterocycles. The van der Waals surface area contributed by atoms with E-state index in [0.29, 0.717) is 0 Å². The number of fused-ring (bicyclic) bond motifs is 1. The van der Waals surface area contributed by atoms with Crippen LogP contribution in [-0.2, 0) is 17.8 Å². The molecule has 1 heterocycles. The Morgan fingerprint density at radius 1 is 1.07 bits per heavy atom. The van der Waals surface area contributed by atoms with Gasteiger partial charge in [-0.2, -0.15) is 0 Å². The van der Waals surface area contributed by atoms with Gasteiger partial charge in [0, 0.05) is 4.47 Å². The zero-order chi connectivity index (χ0) is 19.5. The summed E-state index contributed by atoms with van der Waals surface area (Å²) in [4.78, 5) is 14.8. The van der Waals surface area contributed by atoms with E-state index in [2.05, 4.69) is 15.9 Å². The Balaban J connectivity index is 1.65. The molecule has 0 aliphatic carbocycles. The number of aryl methyl sites for hydroxylation is 1. The molecule has 0 spiro atoms. The van der Waals surface area contributed by atoms with Crippen LogP contribution < -0.4 is 4.90 Å². The quantitative estimate of drug-likeness (QED) is 0.471. The van der Waals surface area contributed by atoms with Crippen LogP contribution in [0.5, 0.6) is 0 Å². The molecule has 142 valence electrons. The molecule has 3 aromatic rings. The van der Waals surface area contributed by atoms with Gasteiger partial charge < -0.3 is 4.74 Å². The third kappa shape index (κ3) is 3.94. The Labute approximate surface area is 171 Å². The van der Waals surface area contributed by atoms with E-state index in [1.165, 1.54) is 12.1 Å². The lowest BCUT2D eigenvalue weighted by molar-refractivity contribution is 0.143. The third-order valence-corrected chi connectivity index (χ3v) is 5.45. The Hall–Kier alpha value is -2.66. The van der Waals surface area contributed by atoms with Crippen molar-refractivity contribution < 1.29 is 13.9 Å². The van der Waals surface area contributed by atoms with Crippen molar-refractivity contribution >= 4 is 27.7 Å². The van der Waals surface area contributed by atoms with Gasteiger partial charge in [-0.05, 0) is 59.9 Å². The molecule has 0 bridgehead atoms. The molecule has 1 aliphatic heterocycles. The highest BCUT2D eigenvalue weighted by atomic mass is 79.9. The minimum Gasteiger partial charge on any atom is -0.444 e. The number of anilines is 1. The number of ether oxygens (including phenoxy) is 1. The maximum absolute atomic E-state index is 13.4. The molecule has 1 aliphatic rings. The summed E-state index contributed by atoms with van der Waals surface area (Å²) in [6.45, 7) is 0.207. The number of carbonyl (C=O) groups excluding carboxylic acids is 1. The highest BCUT2D eigenvalue weighted by molar-refractivity contribution is 9.10. The largest absolute Gasteiger partial charge is 0.444 e. The Bertz CT molecular complexity index is 976. The summed E-state index contributed by atoms with van der Waals surface area (Å²) >= 11 is 3.50. The van der Waals surface area contributed by atoms with E-state index in [1.807, 2.05) is 48.5 Å². The minimum absolute atomic E-state index is 0.197. The predicted octanol–water partition coefficient (Wildman–Crippen LogP) is 6.42. The lowest BCUT2D eigenvalue weighted by atomic mass is 9.91.